The molecule has 0 atom stereocenters. The molecule has 0 fully saturated rings. The standard InChI is InChI=1S/2C8H18O/c1-7(2,3)9-8(4,5)6;1-3-5-7-9-8-6-4-2/h1-6H3;3-8H2,1-2H3. The van der Waals surface area contributed by atoms with E-state index in [1.54, 1.807) is 0 Å². The summed E-state index contributed by atoms with van der Waals surface area (Å²) in [6.45, 7) is 18.7. The molecule has 0 unspecified atom stereocenters. The SMILES string of the molecule is CC(C)(C)OC(C)(C)C.CCCCOCCCC. The zero-order valence-electron chi connectivity index (χ0n) is 14.1. The molecule has 0 rings (SSSR count). The fraction of sp³-hybridized carbons (Fsp3) is 1.00. The summed E-state index contributed by atoms with van der Waals surface area (Å²) in [6, 6.07) is 0. The van der Waals surface area contributed by atoms with Gasteiger partial charge in [-0.25, -0.2) is 0 Å². The van der Waals surface area contributed by atoms with Crippen LogP contribution in [0, 0.1) is 0 Å². The van der Waals surface area contributed by atoms with E-state index in [1.807, 2.05) is 0 Å². The number of rotatable bonds is 6. The van der Waals surface area contributed by atoms with Crippen LogP contribution in [0.2, 0.25) is 0 Å². The molecule has 0 aromatic heterocycles. The van der Waals surface area contributed by atoms with Gasteiger partial charge in [0.25, 0.3) is 0 Å². The fourth-order valence-corrected chi connectivity index (χ4v) is 1.51. The minimum absolute atomic E-state index is 0.0156. The summed E-state index contributed by atoms with van der Waals surface area (Å²) in [7, 11) is 0. The van der Waals surface area contributed by atoms with Crippen molar-refractivity contribution < 1.29 is 9.47 Å². The molecule has 0 bridgehead atoms. The number of unbranched alkanes of at least 4 members (excludes halogenated alkanes) is 2. The van der Waals surface area contributed by atoms with Crippen LogP contribution in [0.1, 0.15) is 81.1 Å². The first-order valence-electron chi connectivity index (χ1n) is 7.40. The van der Waals surface area contributed by atoms with E-state index in [-0.39, 0.29) is 11.2 Å². The quantitative estimate of drug-likeness (QED) is 0.611. The number of hydrogen-bond donors (Lipinski definition) is 0. The van der Waals surface area contributed by atoms with E-state index in [0.717, 1.165) is 13.2 Å². The number of ether oxygens (including phenoxy) is 2. The lowest BCUT2D eigenvalue weighted by Crippen LogP contribution is -2.31. The van der Waals surface area contributed by atoms with Gasteiger partial charge in [-0.15, -0.1) is 0 Å². The minimum atomic E-state index is -0.0156. The third-order valence-corrected chi connectivity index (χ3v) is 1.90. The number of hydrogen-bond acceptors (Lipinski definition) is 2. The lowest BCUT2D eigenvalue weighted by molar-refractivity contribution is -0.102. The molecule has 0 aliphatic rings. The molecule has 0 aromatic rings. The molecule has 0 radical (unpaired) electrons. The highest BCUT2D eigenvalue weighted by Gasteiger charge is 2.19. The van der Waals surface area contributed by atoms with Crippen LogP contribution in [-0.2, 0) is 9.47 Å². The van der Waals surface area contributed by atoms with Gasteiger partial charge in [0.1, 0.15) is 0 Å². The molecule has 112 valence electrons. The van der Waals surface area contributed by atoms with Gasteiger partial charge in [0, 0.05) is 13.2 Å². The molecule has 0 saturated carbocycles. The van der Waals surface area contributed by atoms with Gasteiger partial charge in [0.2, 0.25) is 0 Å². The van der Waals surface area contributed by atoms with Gasteiger partial charge in [-0.1, -0.05) is 26.7 Å². The maximum atomic E-state index is 5.62. The Morgan fingerprint density at radius 3 is 1.17 bits per heavy atom. The molecule has 0 aliphatic heterocycles. The van der Waals surface area contributed by atoms with Crippen molar-refractivity contribution >= 4 is 0 Å². The van der Waals surface area contributed by atoms with Crippen LogP contribution >= 0.6 is 0 Å². The topological polar surface area (TPSA) is 18.5 Å². The molecule has 18 heavy (non-hydrogen) atoms. The van der Waals surface area contributed by atoms with Gasteiger partial charge >= 0.3 is 0 Å². The van der Waals surface area contributed by atoms with E-state index >= 15 is 0 Å². The van der Waals surface area contributed by atoms with Gasteiger partial charge in [-0.05, 0) is 54.4 Å². The molecule has 0 saturated heterocycles. The summed E-state index contributed by atoms with van der Waals surface area (Å²) < 4.78 is 10.9. The summed E-state index contributed by atoms with van der Waals surface area (Å²) >= 11 is 0. The molecule has 0 N–H and O–H groups in total. The van der Waals surface area contributed by atoms with Crippen LogP contribution in [0.15, 0.2) is 0 Å². The van der Waals surface area contributed by atoms with Crippen molar-refractivity contribution in [1.82, 2.24) is 0 Å². The summed E-state index contributed by atoms with van der Waals surface area (Å²) in [4.78, 5) is 0. The molecule has 0 aromatic carbocycles. The van der Waals surface area contributed by atoms with Gasteiger partial charge in [-0.3, -0.25) is 0 Å². The Bertz CT molecular complexity index is 145. The maximum Gasteiger partial charge on any atom is 0.0605 e. The van der Waals surface area contributed by atoms with Gasteiger partial charge in [0.05, 0.1) is 11.2 Å². The van der Waals surface area contributed by atoms with E-state index in [1.165, 1.54) is 25.7 Å². The molecule has 0 aliphatic carbocycles. The molecular weight excluding hydrogens is 224 g/mol. The molecule has 2 nitrogen and oxygen atoms in total. The Balaban J connectivity index is 0. The lowest BCUT2D eigenvalue weighted by atomic mass is 10.1. The Kier molecular flexibility index (Phi) is 12.2. The Labute approximate surface area is 115 Å². The summed E-state index contributed by atoms with van der Waals surface area (Å²) in [5, 5.41) is 0. The van der Waals surface area contributed by atoms with Gasteiger partial charge < -0.3 is 9.47 Å². The fourth-order valence-electron chi connectivity index (χ4n) is 1.51. The summed E-state index contributed by atoms with van der Waals surface area (Å²) in [5.74, 6) is 0. The predicted octanol–water partition coefficient (Wildman–Crippen LogP) is 5.20. The van der Waals surface area contributed by atoms with Crippen molar-refractivity contribution in [2.75, 3.05) is 13.2 Å². The molecule has 0 amide bonds. The van der Waals surface area contributed by atoms with E-state index in [2.05, 4.69) is 55.4 Å². The first-order valence-corrected chi connectivity index (χ1v) is 7.40. The zero-order chi connectivity index (χ0) is 14.7. The Morgan fingerprint density at radius 1 is 0.667 bits per heavy atom. The molecule has 0 spiro atoms. The van der Waals surface area contributed by atoms with E-state index in [4.69, 9.17) is 9.47 Å². The van der Waals surface area contributed by atoms with Crippen molar-refractivity contribution in [3.05, 3.63) is 0 Å². The smallest absolute Gasteiger partial charge is 0.0605 e. The van der Waals surface area contributed by atoms with Crippen molar-refractivity contribution in [2.24, 2.45) is 0 Å². The highest BCUT2D eigenvalue weighted by atomic mass is 16.5. The largest absolute Gasteiger partial charge is 0.381 e. The molecule has 2 heteroatoms. The zero-order valence-corrected chi connectivity index (χ0v) is 14.1. The Morgan fingerprint density at radius 2 is 1.00 bits per heavy atom. The first kappa shape index (κ1) is 20.2. The van der Waals surface area contributed by atoms with Gasteiger partial charge in [-0.2, -0.15) is 0 Å². The highest BCUT2D eigenvalue weighted by Crippen LogP contribution is 2.17. The lowest BCUT2D eigenvalue weighted by Gasteiger charge is -2.30. The second-order valence-electron chi connectivity index (χ2n) is 6.65. The Hall–Kier alpha value is -0.0800. The van der Waals surface area contributed by atoms with E-state index < -0.39 is 0 Å². The van der Waals surface area contributed by atoms with Crippen LogP contribution in [0.3, 0.4) is 0 Å². The van der Waals surface area contributed by atoms with Gasteiger partial charge in [0.15, 0.2) is 0 Å². The van der Waals surface area contributed by atoms with Crippen LogP contribution in [0.25, 0.3) is 0 Å². The van der Waals surface area contributed by atoms with Crippen molar-refractivity contribution in [2.45, 2.75) is 92.3 Å². The van der Waals surface area contributed by atoms with Crippen LogP contribution in [0.4, 0.5) is 0 Å². The van der Waals surface area contributed by atoms with Crippen molar-refractivity contribution in [1.29, 1.82) is 0 Å². The van der Waals surface area contributed by atoms with Crippen molar-refractivity contribution in [3.8, 4) is 0 Å². The normalized spacial score (nSPS) is 12.0. The monoisotopic (exact) mass is 260 g/mol. The second-order valence-corrected chi connectivity index (χ2v) is 6.65. The van der Waals surface area contributed by atoms with Crippen LogP contribution in [-0.4, -0.2) is 24.4 Å². The third kappa shape index (κ3) is 24.9. The summed E-state index contributed by atoms with van der Waals surface area (Å²) in [5.41, 5.74) is -0.0312. The average Bonchev–Trinajstić information content (AvgIpc) is 2.13. The highest BCUT2D eigenvalue weighted by molar-refractivity contribution is 4.68. The van der Waals surface area contributed by atoms with Crippen molar-refractivity contribution in [3.63, 3.8) is 0 Å². The van der Waals surface area contributed by atoms with Crippen LogP contribution in [0.5, 0.6) is 0 Å². The second kappa shape index (κ2) is 10.8. The van der Waals surface area contributed by atoms with E-state index in [9.17, 15) is 0 Å². The molecular formula is C16H36O2. The molecule has 0 heterocycles. The first-order chi connectivity index (χ1) is 8.12. The third-order valence-electron chi connectivity index (χ3n) is 1.90. The minimum Gasteiger partial charge on any atom is -0.381 e. The average molecular weight is 260 g/mol. The maximum absolute atomic E-state index is 5.62. The van der Waals surface area contributed by atoms with E-state index in [0.29, 0.717) is 0 Å². The predicted molar refractivity (Wildman–Crippen MR) is 81.2 cm³/mol. The summed E-state index contributed by atoms with van der Waals surface area (Å²) in [6.07, 6.45) is 4.91. The van der Waals surface area contributed by atoms with Crippen LogP contribution < -0.4 is 0 Å².